The first-order chi connectivity index (χ1) is 17.9. The second-order valence-corrected chi connectivity index (χ2v) is 8.86. The van der Waals surface area contributed by atoms with E-state index in [1.807, 2.05) is 18.2 Å². The summed E-state index contributed by atoms with van der Waals surface area (Å²) in [5.74, 6) is -3.64. The second-order valence-electron chi connectivity index (χ2n) is 8.86. The zero-order chi connectivity index (χ0) is 26.4. The van der Waals surface area contributed by atoms with Crippen molar-refractivity contribution >= 4 is 35.3 Å². The van der Waals surface area contributed by atoms with Gasteiger partial charge in [0, 0.05) is 12.1 Å². The number of esters is 2. The van der Waals surface area contributed by atoms with Gasteiger partial charge in [-0.05, 0) is 49.6 Å². The molecule has 0 unspecified atom stereocenters. The van der Waals surface area contributed by atoms with Crippen LogP contribution in [0.4, 0.5) is 5.69 Å². The van der Waals surface area contributed by atoms with E-state index in [0.717, 1.165) is 10.5 Å². The Labute approximate surface area is 214 Å². The van der Waals surface area contributed by atoms with E-state index in [2.05, 4.69) is 5.32 Å². The van der Waals surface area contributed by atoms with Crippen molar-refractivity contribution in [2.75, 3.05) is 18.5 Å². The summed E-state index contributed by atoms with van der Waals surface area (Å²) in [6, 6.07) is 13.9. The first kappa shape index (κ1) is 25.8. The van der Waals surface area contributed by atoms with Gasteiger partial charge in [-0.2, -0.15) is 0 Å². The molecule has 0 radical (unpaired) electrons. The molecule has 9 nitrogen and oxygen atoms in total. The summed E-state index contributed by atoms with van der Waals surface area (Å²) in [7, 11) is 0. The van der Waals surface area contributed by atoms with Crippen LogP contribution in [0.5, 0.6) is 0 Å². The van der Waals surface area contributed by atoms with Crippen LogP contribution >= 0.6 is 0 Å². The third-order valence-corrected chi connectivity index (χ3v) is 6.42. The van der Waals surface area contributed by atoms with Gasteiger partial charge < -0.3 is 14.8 Å². The van der Waals surface area contributed by atoms with Crippen LogP contribution in [0.3, 0.4) is 0 Å². The summed E-state index contributed by atoms with van der Waals surface area (Å²) in [5.41, 5.74) is 1.49. The second kappa shape index (κ2) is 11.6. The van der Waals surface area contributed by atoms with Gasteiger partial charge in [-0.3, -0.25) is 19.3 Å². The molecule has 1 N–H and O–H groups in total. The van der Waals surface area contributed by atoms with Crippen molar-refractivity contribution in [3.05, 3.63) is 77.9 Å². The number of hydrogen-bond acceptors (Lipinski definition) is 7. The summed E-state index contributed by atoms with van der Waals surface area (Å²) >= 11 is 0. The van der Waals surface area contributed by atoms with Gasteiger partial charge >= 0.3 is 11.9 Å². The van der Waals surface area contributed by atoms with E-state index in [4.69, 9.17) is 9.47 Å². The molecule has 9 heteroatoms. The number of carbonyl (C=O) groups is 5. The normalized spacial score (nSPS) is 19.2. The van der Waals surface area contributed by atoms with Gasteiger partial charge in [0.05, 0.1) is 24.0 Å². The molecule has 3 amide bonds. The average molecular weight is 505 g/mol. The number of nitrogens with one attached hydrogen (secondary N) is 1. The Morgan fingerprint density at radius 1 is 0.919 bits per heavy atom. The molecule has 0 aromatic heterocycles. The standard InChI is InChI=1S/C28H28N2O7/c1-2-36-27(34)19-12-14-20(15-13-19)29-24(31)17-37-28(35)23(16-18-8-4-3-5-9-18)30-25(32)21-10-6-7-11-22(21)26(30)33/h3-9,12-15,21-23H,2,10-11,16-17H2,1H3,(H,29,31)/t21-,22-,23+/m1/s1. The number of ether oxygens (including phenoxy) is 2. The molecule has 4 rings (SSSR count). The number of rotatable bonds is 9. The van der Waals surface area contributed by atoms with Crippen LogP contribution in [-0.2, 0) is 35.1 Å². The minimum Gasteiger partial charge on any atom is -0.462 e. The minimum absolute atomic E-state index is 0.0843. The lowest BCUT2D eigenvalue weighted by molar-refractivity contribution is -0.159. The Morgan fingerprint density at radius 3 is 2.14 bits per heavy atom. The van der Waals surface area contributed by atoms with Crippen molar-refractivity contribution in [2.45, 2.75) is 32.2 Å². The highest BCUT2D eigenvalue weighted by atomic mass is 16.5. The largest absolute Gasteiger partial charge is 0.462 e. The number of anilines is 1. The fraction of sp³-hybridized carbons (Fsp3) is 0.321. The average Bonchev–Trinajstić information content (AvgIpc) is 3.16. The Morgan fingerprint density at radius 2 is 1.54 bits per heavy atom. The third-order valence-electron chi connectivity index (χ3n) is 6.42. The summed E-state index contributed by atoms with van der Waals surface area (Å²) < 4.78 is 10.2. The predicted molar refractivity (Wildman–Crippen MR) is 133 cm³/mol. The van der Waals surface area contributed by atoms with Crippen molar-refractivity contribution in [1.82, 2.24) is 4.90 Å². The van der Waals surface area contributed by atoms with Crippen LogP contribution in [0.2, 0.25) is 0 Å². The Bertz CT molecular complexity index is 1180. The number of hydrogen-bond donors (Lipinski definition) is 1. The van der Waals surface area contributed by atoms with Gasteiger partial charge in [-0.15, -0.1) is 0 Å². The van der Waals surface area contributed by atoms with Crippen LogP contribution in [0.15, 0.2) is 66.7 Å². The molecule has 0 spiro atoms. The minimum atomic E-state index is -1.18. The molecule has 1 fully saturated rings. The number of nitrogens with zero attached hydrogens (tertiary/aromatic N) is 1. The molecule has 1 heterocycles. The van der Waals surface area contributed by atoms with E-state index in [9.17, 15) is 24.0 Å². The number of allylic oxidation sites excluding steroid dienone is 2. The molecule has 37 heavy (non-hydrogen) atoms. The molecule has 2 aromatic carbocycles. The van der Waals surface area contributed by atoms with Crippen LogP contribution in [0.1, 0.15) is 35.7 Å². The van der Waals surface area contributed by atoms with Crippen molar-refractivity contribution in [2.24, 2.45) is 11.8 Å². The summed E-state index contributed by atoms with van der Waals surface area (Å²) in [4.78, 5) is 64.7. The maximum Gasteiger partial charge on any atom is 0.338 e. The number of amides is 3. The summed E-state index contributed by atoms with van der Waals surface area (Å²) in [6.45, 7) is 1.35. The van der Waals surface area contributed by atoms with Crippen molar-refractivity contribution < 1.29 is 33.4 Å². The van der Waals surface area contributed by atoms with Gasteiger partial charge in [-0.25, -0.2) is 9.59 Å². The van der Waals surface area contributed by atoms with Crippen LogP contribution in [0.25, 0.3) is 0 Å². The van der Waals surface area contributed by atoms with Gasteiger partial charge in [0.2, 0.25) is 11.8 Å². The Kier molecular flexibility index (Phi) is 8.12. The van der Waals surface area contributed by atoms with Crippen molar-refractivity contribution in [3.8, 4) is 0 Å². The summed E-state index contributed by atoms with van der Waals surface area (Å²) in [5, 5.41) is 2.59. The first-order valence-corrected chi connectivity index (χ1v) is 12.2. The van der Waals surface area contributed by atoms with Crippen LogP contribution in [0, 0.1) is 11.8 Å². The molecular weight excluding hydrogens is 476 g/mol. The quantitative estimate of drug-likeness (QED) is 0.317. The highest BCUT2D eigenvalue weighted by Crippen LogP contribution is 2.36. The fourth-order valence-corrected chi connectivity index (χ4v) is 4.58. The molecule has 0 bridgehead atoms. The molecule has 0 saturated carbocycles. The predicted octanol–water partition coefficient (Wildman–Crippen LogP) is 2.91. The Hall–Kier alpha value is -4.27. The maximum atomic E-state index is 13.2. The van der Waals surface area contributed by atoms with E-state index in [1.54, 1.807) is 31.2 Å². The van der Waals surface area contributed by atoms with E-state index >= 15 is 0 Å². The lowest BCUT2D eigenvalue weighted by Gasteiger charge is -2.25. The highest BCUT2D eigenvalue weighted by Gasteiger charge is 2.51. The van der Waals surface area contributed by atoms with Crippen LogP contribution in [-0.4, -0.2) is 53.8 Å². The van der Waals surface area contributed by atoms with Crippen molar-refractivity contribution in [3.63, 3.8) is 0 Å². The lowest BCUT2D eigenvalue weighted by Crippen LogP contribution is -2.48. The van der Waals surface area contributed by atoms with Gasteiger partial charge in [0.1, 0.15) is 6.04 Å². The first-order valence-electron chi connectivity index (χ1n) is 12.2. The molecular formula is C28H28N2O7. The third kappa shape index (κ3) is 5.94. The van der Waals surface area contributed by atoms with Crippen LogP contribution < -0.4 is 5.32 Å². The number of carbonyl (C=O) groups excluding carboxylic acids is 5. The lowest BCUT2D eigenvalue weighted by atomic mass is 9.85. The number of likely N-dealkylation sites (tertiary alicyclic amines) is 1. The zero-order valence-corrected chi connectivity index (χ0v) is 20.4. The monoisotopic (exact) mass is 504 g/mol. The highest BCUT2D eigenvalue weighted by molar-refractivity contribution is 6.08. The number of fused-ring (bicyclic) bond motifs is 1. The molecule has 1 aliphatic heterocycles. The fourth-order valence-electron chi connectivity index (χ4n) is 4.58. The van der Waals surface area contributed by atoms with E-state index in [1.165, 1.54) is 24.3 Å². The van der Waals surface area contributed by atoms with Gasteiger partial charge in [0.15, 0.2) is 6.61 Å². The van der Waals surface area contributed by atoms with E-state index in [0.29, 0.717) is 24.1 Å². The van der Waals surface area contributed by atoms with Gasteiger partial charge in [0.25, 0.3) is 5.91 Å². The Balaban J connectivity index is 1.42. The molecule has 2 aliphatic rings. The molecule has 3 atom stereocenters. The molecule has 192 valence electrons. The van der Waals surface area contributed by atoms with E-state index in [-0.39, 0.29) is 24.8 Å². The topological polar surface area (TPSA) is 119 Å². The summed E-state index contributed by atoms with van der Waals surface area (Å²) in [6.07, 6.45) is 4.75. The molecule has 1 saturated heterocycles. The van der Waals surface area contributed by atoms with Crippen molar-refractivity contribution in [1.29, 1.82) is 0 Å². The molecule has 2 aromatic rings. The zero-order valence-electron chi connectivity index (χ0n) is 20.4. The van der Waals surface area contributed by atoms with E-state index < -0.39 is 42.3 Å². The SMILES string of the molecule is CCOC(=O)c1ccc(NC(=O)COC(=O)[C@H](Cc2ccccc2)N2C(=O)[C@@H]3CC=CC[C@H]3C2=O)cc1. The number of imide groups is 1. The maximum absolute atomic E-state index is 13.2. The smallest absolute Gasteiger partial charge is 0.338 e. The molecule has 1 aliphatic carbocycles. The number of benzene rings is 2. The van der Waals surface area contributed by atoms with Gasteiger partial charge in [-0.1, -0.05) is 42.5 Å².